The highest BCUT2D eigenvalue weighted by molar-refractivity contribution is 6.46. The van der Waals surface area contributed by atoms with Crippen molar-refractivity contribution in [2.24, 2.45) is 0 Å². The number of ether oxygens (including phenoxy) is 4. The van der Waals surface area contributed by atoms with Gasteiger partial charge < -0.3 is 29.0 Å². The Morgan fingerprint density at radius 3 is 2.29 bits per heavy atom. The number of nitrogens with zero attached hydrogens (tertiary/aromatic N) is 1. The maximum absolute atomic E-state index is 13.2. The third kappa shape index (κ3) is 5.35. The number of benzene rings is 3. The first-order valence-electron chi connectivity index (χ1n) is 12.2. The second-order valence-electron chi connectivity index (χ2n) is 8.84. The molecule has 0 aromatic heterocycles. The van der Waals surface area contributed by atoms with Gasteiger partial charge in [-0.05, 0) is 60.0 Å². The summed E-state index contributed by atoms with van der Waals surface area (Å²) in [6.07, 6.45) is 0. The van der Waals surface area contributed by atoms with E-state index in [9.17, 15) is 14.7 Å². The summed E-state index contributed by atoms with van der Waals surface area (Å²) in [5.41, 5.74) is 3.19. The van der Waals surface area contributed by atoms with Crippen molar-refractivity contribution < 1.29 is 33.6 Å². The predicted molar refractivity (Wildman–Crippen MR) is 142 cm³/mol. The van der Waals surface area contributed by atoms with Crippen LogP contribution in [0.2, 0.25) is 0 Å². The normalized spacial score (nSPS) is 16.5. The number of likely N-dealkylation sites (tertiary alicyclic amines) is 1. The Kier molecular flexibility index (Phi) is 8.33. The first-order chi connectivity index (χ1) is 18.4. The number of hydrogen-bond acceptors (Lipinski definition) is 7. The second kappa shape index (κ2) is 11.8. The lowest BCUT2D eigenvalue weighted by molar-refractivity contribution is -0.140. The first-order valence-corrected chi connectivity index (χ1v) is 12.2. The molecule has 198 valence electrons. The molecule has 8 heteroatoms. The third-order valence-corrected chi connectivity index (χ3v) is 6.58. The van der Waals surface area contributed by atoms with Gasteiger partial charge in [0.2, 0.25) is 0 Å². The maximum atomic E-state index is 13.2. The van der Waals surface area contributed by atoms with Gasteiger partial charge in [-0.3, -0.25) is 9.59 Å². The van der Waals surface area contributed by atoms with E-state index in [0.29, 0.717) is 35.0 Å². The molecular formula is C30H31NO7. The van der Waals surface area contributed by atoms with Crippen LogP contribution in [0, 0.1) is 6.92 Å². The molecule has 1 aliphatic heterocycles. The molecule has 0 aliphatic carbocycles. The van der Waals surface area contributed by atoms with Crippen molar-refractivity contribution in [2.75, 3.05) is 34.5 Å². The number of rotatable bonds is 10. The smallest absolute Gasteiger partial charge is 0.295 e. The molecule has 38 heavy (non-hydrogen) atoms. The highest BCUT2D eigenvalue weighted by Gasteiger charge is 2.46. The number of aryl methyl sites for hydroxylation is 1. The first kappa shape index (κ1) is 26.8. The van der Waals surface area contributed by atoms with Gasteiger partial charge in [0.25, 0.3) is 11.7 Å². The van der Waals surface area contributed by atoms with Crippen LogP contribution in [-0.2, 0) is 20.9 Å². The number of Topliss-reactive ketones (excluding diaryl/α,β-unsaturated/α-hetero) is 1. The van der Waals surface area contributed by atoms with E-state index in [1.54, 1.807) is 42.5 Å². The van der Waals surface area contributed by atoms with Crippen LogP contribution >= 0.6 is 0 Å². The lowest BCUT2D eigenvalue weighted by atomic mass is 9.95. The summed E-state index contributed by atoms with van der Waals surface area (Å²) in [4.78, 5) is 27.6. The third-order valence-electron chi connectivity index (χ3n) is 6.58. The largest absolute Gasteiger partial charge is 0.507 e. The molecule has 0 unspecified atom stereocenters. The highest BCUT2D eigenvalue weighted by atomic mass is 16.5. The van der Waals surface area contributed by atoms with Crippen LogP contribution in [0.5, 0.6) is 17.2 Å². The minimum Gasteiger partial charge on any atom is -0.507 e. The van der Waals surface area contributed by atoms with E-state index >= 15 is 0 Å². The van der Waals surface area contributed by atoms with E-state index in [4.69, 9.17) is 18.9 Å². The molecule has 1 N–H and O–H groups in total. The van der Waals surface area contributed by atoms with Gasteiger partial charge in [-0.25, -0.2) is 0 Å². The topological polar surface area (TPSA) is 94.5 Å². The monoisotopic (exact) mass is 517 g/mol. The van der Waals surface area contributed by atoms with E-state index < -0.39 is 17.7 Å². The fraction of sp³-hybridized carbons (Fsp3) is 0.267. The van der Waals surface area contributed by atoms with Crippen molar-refractivity contribution in [1.29, 1.82) is 0 Å². The SMILES string of the molecule is COCCN1C(=O)C(=O)C(=C(O)c2ccc(OCc3ccccc3C)cc2)[C@@H]1c1ccc(OC)c(OC)c1. The lowest BCUT2D eigenvalue weighted by Gasteiger charge is -2.25. The standard InChI is InChI=1S/C30H31NO7/c1-19-7-5-6-8-22(19)18-38-23-12-9-20(10-13-23)28(32)26-27(31(15-16-35-2)30(34)29(26)33)21-11-14-24(36-3)25(17-21)37-4/h5-14,17,27,32H,15-16,18H2,1-4H3/t27-/m0/s1. The zero-order chi connectivity index (χ0) is 27.2. The molecule has 8 nitrogen and oxygen atoms in total. The second-order valence-corrected chi connectivity index (χ2v) is 8.84. The maximum Gasteiger partial charge on any atom is 0.295 e. The molecule has 0 radical (unpaired) electrons. The molecule has 0 saturated carbocycles. The molecule has 1 aliphatic rings. The Hall–Kier alpha value is -4.30. The average Bonchev–Trinajstić information content (AvgIpc) is 3.20. The Labute approximate surface area is 222 Å². The number of carbonyl (C=O) groups is 2. The average molecular weight is 518 g/mol. The van der Waals surface area contributed by atoms with Crippen LogP contribution in [0.4, 0.5) is 0 Å². The lowest BCUT2D eigenvalue weighted by Crippen LogP contribution is -2.32. The number of methoxy groups -OCH3 is 3. The van der Waals surface area contributed by atoms with Crippen molar-refractivity contribution in [1.82, 2.24) is 4.90 Å². The van der Waals surface area contributed by atoms with E-state index in [0.717, 1.165) is 11.1 Å². The highest BCUT2D eigenvalue weighted by Crippen LogP contribution is 2.42. The summed E-state index contributed by atoms with van der Waals surface area (Å²) in [6.45, 7) is 2.82. The zero-order valence-corrected chi connectivity index (χ0v) is 21.9. The molecule has 3 aromatic rings. The van der Waals surface area contributed by atoms with Crippen LogP contribution in [0.25, 0.3) is 5.76 Å². The number of ketones is 1. The van der Waals surface area contributed by atoms with Gasteiger partial charge in [-0.2, -0.15) is 0 Å². The Morgan fingerprint density at radius 1 is 0.921 bits per heavy atom. The molecule has 1 heterocycles. The van der Waals surface area contributed by atoms with Gasteiger partial charge >= 0.3 is 0 Å². The Morgan fingerprint density at radius 2 is 1.63 bits per heavy atom. The van der Waals surface area contributed by atoms with Crippen LogP contribution in [0.3, 0.4) is 0 Å². The number of carbonyl (C=O) groups excluding carboxylic acids is 2. The van der Waals surface area contributed by atoms with Crippen LogP contribution in [0.1, 0.15) is 28.3 Å². The molecule has 1 saturated heterocycles. The number of aliphatic hydroxyl groups is 1. The van der Waals surface area contributed by atoms with Gasteiger partial charge in [0, 0.05) is 19.2 Å². The molecule has 4 rings (SSSR count). The molecule has 1 amide bonds. The summed E-state index contributed by atoms with van der Waals surface area (Å²) >= 11 is 0. The van der Waals surface area contributed by atoms with Crippen molar-refractivity contribution >= 4 is 17.4 Å². The van der Waals surface area contributed by atoms with Crippen molar-refractivity contribution in [3.05, 3.63) is 94.6 Å². The Balaban J connectivity index is 1.69. The number of hydrogen-bond donors (Lipinski definition) is 1. The van der Waals surface area contributed by atoms with Crippen molar-refractivity contribution in [3.63, 3.8) is 0 Å². The Bertz CT molecular complexity index is 1350. The molecule has 1 atom stereocenters. The fourth-order valence-electron chi connectivity index (χ4n) is 4.47. The quantitative estimate of drug-likeness (QED) is 0.237. The minimum absolute atomic E-state index is 0.00750. The van der Waals surface area contributed by atoms with Gasteiger partial charge in [0.15, 0.2) is 11.5 Å². The van der Waals surface area contributed by atoms with E-state index in [1.165, 1.54) is 26.2 Å². The predicted octanol–water partition coefficient (Wildman–Crippen LogP) is 4.66. The molecular weight excluding hydrogens is 486 g/mol. The molecule has 0 bridgehead atoms. The van der Waals surface area contributed by atoms with Crippen molar-refractivity contribution in [3.8, 4) is 17.2 Å². The van der Waals surface area contributed by atoms with Gasteiger partial charge in [0.05, 0.1) is 32.4 Å². The minimum atomic E-state index is -0.832. The molecule has 3 aromatic carbocycles. The summed E-state index contributed by atoms with van der Waals surface area (Å²) in [5, 5.41) is 11.3. The number of amides is 1. The molecule has 0 spiro atoms. The summed E-state index contributed by atoms with van der Waals surface area (Å²) in [7, 11) is 4.55. The van der Waals surface area contributed by atoms with Crippen LogP contribution in [-0.4, -0.2) is 56.2 Å². The van der Waals surface area contributed by atoms with Crippen molar-refractivity contribution in [2.45, 2.75) is 19.6 Å². The van der Waals surface area contributed by atoms with Gasteiger partial charge in [-0.1, -0.05) is 30.3 Å². The van der Waals surface area contributed by atoms with Gasteiger partial charge in [0.1, 0.15) is 18.1 Å². The zero-order valence-electron chi connectivity index (χ0n) is 21.9. The van der Waals surface area contributed by atoms with E-state index in [-0.39, 0.29) is 24.5 Å². The summed E-state index contributed by atoms with van der Waals surface area (Å²) < 4.78 is 21.8. The number of aliphatic hydroxyl groups excluding tert-OH is 1. The fourth-order valence-corrected chi connectivity index (χ4v) is 4.47. The van der Waals surface area contributed by atoms with E-state index in [1.807, 2.05) is 31.2 Å². The van der Waals surface area contributed by atoms with E-state index in [2.05, 4.69) is 0 Å². The summed E-state index contributed by atoms with van der Waals surface area (Å²) in [5.74, 6) is -0.181. The van der Waals surface area contributed by atoms with Gasteiger partial charge in [-0.15, -0.1) is 0 Å². The summed E-state index contributed by atoms with van der Waals surface area (Å²) in [6, 6.07) is 19.1. The van der Waals surface area contributed by atoms with Crippen LogP contribution < -0.4 is 14.2 Å². The van der Waals surface area contributed by atoms with Crippen LogP contribution in [0.15, 0.2) is 72.3 Å². The molecule has 1 fully saturated rings.